The topological polar surface area (TPSA) is 62.2 Å². The summed E-state index contributed by atoms with van der Waals surface area (Å²) in [6.07, 6.45) is 2.78. The Morgan fingerprint density at radius 2 is 2.00 bits per heavy atom. The number of rotatable bonds is 5. The summed E-state index contributed by atoms with van der Waals surface area (Å²) in [5.74, 6) is 0.220. The number of aliphatic hydroxyl groups is 1. The maximum Gasteiger partial charge on any atom is 0.234 e. The number of thioether (sulfide) groups is 1. The molecule has 0 aliphatic rings. The molecule has 0 aliphatic heterocycles. The third kappa shape index (κ3) is 4.08. The van der Waals surface area contributed by atoms with Gasteiger partial charge in [0.1, 0.15) is 0 Å². The number of aliphatic hydroxyl groups excluding tert-OH is 1. The number of hydrogen-bond donors (Lipinski definition) is 2. The number of carbonyl (C=O) groups excluding carboxylic acids is 1. The Hall–Kier alpha value is -1.85. The van der Waals surface area contributed by atoms with Gasteiger partial charge in [-0.2, -0.15) is 0 Å². The number of benzene rings is 1. The molecule has 0 spiro atoms. The van der Waals surface area contributed by atoms with Crippen LogP contribution in [0.5, 0.6) is 0 Å². The fourth-order valence-electron chi connectivity index (χ4n) is 1.74. The first kappa shape index (κ1) is 14.6. The summed E-state index contributed by atoms with van der Waals surface area (Å²) in [5, 5.41) is 12.5. The van der Waals surface area contributed by atoms with Gasteiger partial charge >= 0.3 is 0 Å². The van der Waals surface area contributed by atoms with E-state index in [0.29, 0.717) is 11.4 Å². The monoisotopic (exact) mass is 288 g/mol. The zero-order valence-electron chi connectivity index (χ0n) is 11.1. The number of para-hydroxylation sites is 1. The van der Waals surface area contributed by atoms with Gasteiger partial charge in [-0.1, -0.05) is 18.2 Å². The van der Waals surface area contributed by atoms with E-state index in [2.05, 4.69) is 10.3 Å². The highest BCUT2D eigenvalue weighted by Crippen LogP contribution is 2.23. The molecule has 0 bridgehead atoms. The summed E-state index contributed by atoms with van der Waals surface area (Å²) in [6, 6.07) is 11.0. The predicted octanol–water partition coefficient (Wildman–Crippen LogP) is 2.87. The molecule has 1 amide bonds. The standard InChI is InChI=1S/C15H16N2O2S/c1-11(18)13-4-2-3-5-14(13)17-15(19)10-20-12-6-8-16-9-7-12/h2-9,11,18H,10H2,1H3,(H,17,19). The van der Waals surface area contributed by atoms with Crippen molar-refractivity contribution in [1.82, 2.24) is 4.98 Å². The van der Waals surface area contributed by atoms with Crippen LogP contribution in [0.3, 0.4) is 0 Å². The molecule has 0 fully saturated rings. The molecule has 0 radical (unpaired) electrons. The largest absolute Gasteiger partial charge is 0.389 e. The smallest absolute Gasteiger partial charge is 0.234 e. The number of nitrogens with zero attached hydrogens (tertiary/aromatic N) is 1. The molecule has 2 N–H and O–H groups in total. The van der Waals surface area contributed by atoms with Crippen molar-refractivity contribution in [2.24, 2.45) is 0 Å². The lowest BCUT2D eigenvalue weighted by atomic mass is 10.1. The summed E-state index contributed by atoms with van der Waals surface area (Å²) in [7, 11) is 0. The van der Waals surface area contributed by atoms with E-state index in [-0.39, 0.29) is 5.91 Å². The van der Waals surface area contributed by atoms with Gasteiger partial charge in [0.15, 0.2) is 0 Å². The van der Waals surface area contributed by atoms with Crippen molar-refractivity contribution in [3.8, 4) is 0 Å². The summed E-state index contributed by atoms with van der Waals surface area (Å²) in [6.45, 7) is 1.68. The first-order chi connectivity index (χ1) is 9.66. The minimum atomic E-state index is -0.612. The molecule has 1 unspecified atom stereocenters. The Bertz CT molecular complexity index is 573. The van der Waals surface area contributed by atoms with Gasteiger partial charge in [-0.25, -0.2) is 0 Å². The van der Waals surface area contributed by atoms with Crippen LogP contribution in [0, 0.1) is 0 Å². The minimum absolute atomic E-state index is 0.0973. The van der Waals surface area contributed by atoms with Crippen molar-refractivity contribution < 1.29 is 9.90 Å². The molecule has 2 rings (SSSR count). The quantitative estimate of drug-likeness (QED) is 0.830. The Balaban J connectivity index is 1.95. The molecule has 2 aromatic rings. The molecular weight excluding hydrogens is 272 g/mol. The normalized spacial score (nSPS) is 11.9. The fraction of sp³-hybridized carbons (Fsp3) is 0.200. The molecule has 5 heteroatoms. The second-order valence-corrected chi connectivity index (χ2v) is 5.33. The number of anilines is 1. The molecule has 1 aromatic carbocycles. The third-order valence-corrected chi connectivity index (χ3v) is 3.72. The fourth-order valence-corrected chi connectivity index (χ4v) is 2.43. The van der Waals surface area contributed by atoms with E-state index in [1.165, 1.54) is 11.8 Å². The van der Waals surface area contributed by atoms with Crippen LogP contribution >= 0.6 is 11.8 Å². The molecule has 4 nitrogen and oxygen atoms in total. The van der Waals surface area contributed by atoms with E-state index in [1.807, 2.05) is 24.3 Å². The Morgan fingerprint density at radius 1 is 1.30 bits per heavy atom. The SMILES string of the molecule is CC(O)c1ccccc1NC(=O)CSc1ccncc1. The van der Waals surface area contributed by atoms with Gasteiger partial charge < -0.3 is 10.4 Å². The van der Waals surface area contributed by atoms with Gasteiger partial charge in [0.25, 0.3) is 0 Å². The van der Waals surface area contributed by atoms with Gasteiger partial charge in [-0.15, -0.1) is 11.8 Å². The van der Waals surface area contributed by atoms with Crippen molar-refractivity contribution in [3.05, 3.63) is 54.4 Å². The van der Waals surface area contributed by atoms with Gasteiger partial charge in [-0.3, -0.25) is 9.78 Å². The molecule has 1 atom stereocenters. The number of amides is 1. The van der Waals surface area contributed by atoms with Crippen LogP contribution < -0.4 is 5.32 Å². The number of aromatic nitrogens is 1. The average Bonchev–Trinajstić information content (AvgIpc) is 2.46. The lowest BCUT2D eigenvalue weighted by Crippen LogP contribution is -2.15. The number of pyridine rings is 1. The molecule has 1 heterocycles. The van der Waals surface area contributed by atoms with Crippen molar-refractivity contribution in [3.63, 3.8) is 0 Å². The zero-order chi connectivity index (χ0) is 14.4. The molecule has 1 aromatic heterocycles. The number of hydrogen-bond acceptors (Lipinski definition) is 4. The Kier molecular flexibility index (Phi) is 5.15. The summed E-state index contributed by atoms with van der Waals surface area (Å²) < 4.78 is 0. The molecule has 0 saturated carbocycles. The van der Waals surface area contributed by atoms with Crippen molar-refractivity contribution in [2.75, 3.05) is 11.1 Å². The van der Waals surface area contributed by atoms with Gasteiger partial charge in [-0.05, 0) is 25.1 Å². The van der Waals surface area contributed by atoms with E-state index in [4.69, 9.17) is 0 Å². The molecule has 0 saturated heterocycles. The lowest BCUT2D eigenvalue weighted by molar-refractivity contribution is -0.113. The zero-order valence-corrected chi connectivity index (χ0v) is 11.9. The van der Waals surface area contributed by atoms with Crippen molar-refractivity contribution in [1.29, 1.82) is 0 Å². The van der Waals surface area contributed by atoms with Crippen molar-refractivity contribution in [2.45, 2.75) is 17.9 Å². The Morgan fingerprint density at radius 3 is 2.70 bits per heavy atom. The minimum Gasteiger partial charge on any atom is -0.389 e. The second-order valence-electron chi connectivity index (χ2n) is 4.28. The van der Waals surface area contributed by atoms with Crippen LogP contribution in [-0.4, -0.2) is 21.8 Å². The molecule has 0 aliphatic carbocycles. The van der Waals surface area contributed by atoms with Crippen molar-refractivity contribution >= 4 is 23.4 Å². The maximum atomic E-state index is 11.9. The molecular formula is C15H16N2O2S. The highest BCUT2D eigenvalue weighted by atomic mass is 32.2. The van der Waals surface area contributed by atoms with Crippen LogP contribution in [0.25, 0.3) is 0 Å². The predicted molar refractivity (Wildman–Crippen MR) is 80.7 cm³/mol. The second kappa shape index (κ2) is 7.07. The summed E-state index contributed by atoms with van der Waals surface area (Å²) in [4.78, 5) is 16.9. The highest BCUT2D eigenvalue weighted by molar-refractivity contribution is 8.00. The van der Waals surface area contributed by atoms with E-state index in [9.17, 15) is 9.90 Å². The highest BCUT2D eigenvalue weighted by Gasteiger charge is 2.10. The van der Waals surface area contributed by atoms with Crippen LogP contribution in [0.4, 0.5) is 5.69 Å². The Labute approximate surface area is 122 Å². The van der Waals surface area contributed by atoms with Gasteiger partial charge in [0.2, 0.25) is 5.91 Å². The summed E-state index contributed by atoms with van der Waals surface area (Å²) in [5.41, 5.74) is 1.37. The number of nitrogens with one attached hydrogen (secondary N) is 1. The van der Waals surface area contributed by atoms with Crippen LogP contribution in [0.1, 0.15) is 18.6 Å². The summed E-state index contributed by atoms with van der Waals surface area (Å²) >= 11 is 1.45. The van der Waals surface area contributed by atoms with Gasteiger partial charge in [0, 0.05) is 28.5 Å². The van der Waals surface area contributed by atoms with E-state index < -0.39 is 6.10 Å². The molecule has 20 heavy (non-hydrogen) atoms. The molecule has 104 valence electrons. The first-order valence-corrected chi connectivity index (χ1v) is 7.25. The van der Waals surface area contributed by atoms with E-state index in [0.717, 1.165) is 10.5 Å². The lowest BCUT2D eigenvalue weighted by Gasteiger charge is -2.12. The van der Waals surface area contributed by atoms with Gasteiger partial charge in [0.05, 0.1) is 11.9 Å². The van der Waals surface area contributed by atoms with E-state index in [1.54, 1.807) is 31.5 Å². The third-order valence-electron chi connectivity index (χ3n) is 2.70. The average molecular weight is 288 g/mol. The van der Waals surface area contributed by atoms with Crippen LogP contribution in [0.2, 0.25) is 0 Å². The van der Waals surface area contributed by atoms with E-state index >= 15 is 0 Å². The van der Waals surface area contributed by atoms with Crippen LogP contribution in [0.15, 0.2) is 53.7 Å². The van der Waals surface area contributed by atoms with Crippen LogP contribution in [-0.2, 0) is 4.79 Å². The number of carbonyl (C=O) groups is 1. The first-order valence-electron chi connectivity index (χ1n) is 6.26. The maximum absolute atomic E-state index is 11.9.